The van der Waals surface area contributed by atoms with Crippen LogP contribution in [-0.4, -0.2) is 20.8 Å². The van der Waals surface area contributed by atoms with Gasteiger partial charge in [-0.15, -0.1) is 0 Å². The van der Waals surface area contributed by atoms with E-state index in [-0.39, 0.29) is 11.2 Å². The largest absolute Gasteiger partial charge is 0.493 e. The summed E-state index contributed by atoms with van der Waals surface area (Å²) in [4.78, 5) is 0. The van der Waals surface area contributed by atoms with Gasteiger partial charge in [0.05, 0.1) is 12.4 Å². The fourth-order valence-electron chi connectivity index (χ4n) is 2.10. The van der Waals surface area contributed by atoms with Gasteiger partial charge in [-0.2, -0.15) is 0 Å². The third-order valence-corrected chi connectivity index (χ3v) is 4.20. The molecule has 0 aromatic heterocycles. The lowest BCUT2D eigenvalue weighted by molar-refractivity contribution is 0.301. The highest BCUT2D eigenvalue weighted by Gasteiger charge is 2.19. The Balaban J connectivity index is 2.66. The lowest BCUT2D eigenvalue weighted by Gasteiger charge is -2.23. The molecule has 0 fully saturated rings. The van der Waals surface area contributed by atoms with Crippen LogP contribution in [0.15, 0.2) is 18.2 Å². The number of hydrogen-bond donors (Lipinski definition) is 1. The van der Waals surface area contributed by atoms with Crippen LogP contribution in [0.25, 0.3) is 0 Å². The molecule has 4 nitrogen and oxygen atoms in total. The zero-order chi connectivity index (χ0) is 16.1. The molecule has 0 heterocycles. The van der Waals surface area contributed by atoms with E-state index in [1.54, 1.807) is 0 Å². The van der Waals surface area contributed by atoms with Crippen LogP contribution in [0.5, 0.6) is 5.75 Å². The first-order valence-electron chi connectivity index (χ1n) is 7.40. The Morgan fingerprint density at radius 2 is 1.86 bits per heavy atom. The molecule has 0 bridgehead atoms. The number of rotatable bonds is 7. The molecule has 0 aliphatic heterocycles. The maximum Gasteiger partial charge on any atom is 0.209 e. The van der Waals surface area contributed by atoms with Crippen LogP contribution in [0.4, 0.5) is 0 Å². The van der Waals surface area contributed by atoms with E-state index in [0.717, 1.165) is 12.2 Å². The van der Waals surface area contributed by atoms with Crippen molar-refractivity contribution in [3.63, 3.8) is 0 Å². The molecule has 0 amide bonds. The summed E-state index contributed by atoms with van der Waals surface area (Å²) in [7, 11) is -3.37. The number of hydrogen-bond acceptors (Lipinski definition) is 3. The van der Waals surface area contributed by atoms with Crippen LogP contribution in [0.3, 0.4) is 0 Å². The number of ether oxygens (including phenoxy) is 1. The van der Waals surface area contributed by atoms with Gasteiger partial charge in [0, 0.05) is 0 Å². The molecule has 0 unspecified atom stereocenters. The second kappa shape index (κ2) is 7.27. The normalized spacial score (nSPS) is 12.4. The lowest BCUT2D eigenvalue weighted by atomic mass is 9.85. The highest BCUT2D eigenvalue weighted by atomic mass is 32.2. The van der Waals surface area contributed by atoms with E-state index in [9.17, 15) is 8.42 Å². The zero-order valence-electron chi connectivity index (χ0n) is 13.5. The lowest BCUT2D eigenvalue weighted by Crippen LogP contribution is -2.17. The number of nitrogens with two attached hydrogens (primary N) is 1. The third kappa shape index (κ3) is 6.48. The molecule has 0 saturated heterocycles. The minimum Gasteiger partial charge on any atom is -0.493 e. The quantitative estimate of drug-likeness (QED) is 0.787. The van der Waals surface area contributed by atoms with E-state index in [1.807, 2.05) is 6.07 Å². The van der Waals surface area contributed by atoms with Crippen LogP contribution >= 0.6 is 0 Å². The molecule has 2 N–H and O–H groups in total. The Bertz CT molecular complexity index is 559. The van der Waals surface area contributed by atoms with Crippen molar-refractivity contribution < 1.29 is 13.2 Å². The number of sulfonamides is 1. The number of benzene rings is 1. The van der Waals surface area contributed by atoms with Crippen molar-refractivity contribution in [1.82, 2.24) is 0 Å². The standard InChI is InChI=1S/C16H27NO3S/c1-5-13-8-9-15(14(12-13)16(2,3)4)20-10-6-7-11-21(17,18)19/h8-9,12H,5-7,10-11H2,1-4H3,(H2,17,18,19). The van der Waals surface area contributed by atoms with Gasteiger partial charge >= 0.3 is 0 Å². The Labute approximate surface area is 128 Å². The molecule has 1 rings (SSSR count). The fourth-order valence-corrected chi connectivity index (χ4v) is 2.70. The van der Waals surface area contributed by atoms with Crippen LogP contribution in [0.2, 0.25) is 0 Å². The molecule has 0 radical (unpaired) electrons. The van der Waals surface area contributed by atoms with Gasteiger partial charge in [-0.1, -0.05) is 39.8 Å². The Hall–Kier alpha value is -1.07. The van der Waals surface area contributed by atoms with Crippen LogP contribution in [-0.2, 0) is 21.9 Å². The SMILES string of the molecule is CCc1ccc(OCCCCS(N)(=O)=O)c(C(C)(C)C)c1. The molecule has 1 aromatic rings. The van der Waals surface area contributed by atoms with Crippen LogP contribution < -0.4 is 9.88 Å². The van der Waals surface area contributed by atoms with Crippen LogP contribution in [0, 0.1) is 0 Å². The van der Waals surface area contributed by atoms with E-state index in [2.05, 4.69) is 39.8 Å². The van der Waals surface area contributed by atoms with E-state index >= 15 is 0 Å². The fraction of sp³-hybridized carbons (Fsp3) is 0.625. The predicted molar refractivity (Wildman–Crippen MR) is 87.2 cm³/mol. The average molecular weight is 313 g/mol. The number of aryl methyl sites for hydroxylation is 1. The smallest absolute Gasteiger partial charge is 0.209 e. The summed E-state index contributed by atoms with van der Waals surface area (Å²) >= 11 is 0. The van der Waals surface area contributed by atoms with Gasteiger partial charge in [0.15, 0.2) is 0 Å². The topological polar surface area (TPSA) is 69.4 Å². The van der Waals surface area contributed by atoms with Crippen molar-refractivity contribution >= 4 is 10.0 Å². The maximum atomic E-state index is 10.9. The summed E-state index contributed by atoms with van der Waals surface area (Å²) < 4.78 is 27.6. The predicted octanol–water partition coefficient (Wildman–Crippen LogP) is 2.99. The summed E-state index contributed by atoms with van der Waals surface area (Å²) in [6.07, 6.45) is 2.20. The van der Waals surface area contributed by atoms with Gasteiger partial charge in [0.25, 0.3) is 0 Å². The van der Waals surface area contributed by atoms with Crippen molar-refractivity contribution in [3.05, 3.63) is 29.3 Å². The molecular weight excluding hydrogens is 286 g/mol. The van der Waals surface area contributed by atoms with E-state index < -0.39 is 10.0 Å². The van der Waals surface area contributed by atoms with Gasteiger partial charge in [0.2, 0.25) is 10.0 Å². The second-order valence-corrected chi connectivity index (χ2v) is 8.09. The average Bonchev–Trinajstić information content (AvgIpc) is 2.36. The summed E-state index contributed by atoms with van der Waals surface area (Å²) in [5.74, 6) is 0.896. The molecule has 5 heteroatoms. The summed E-state index contributed by atoms with van der Waals surface area (Å²) in [5.41, 5.74) is 2.50. The molecule has 21 heavy (non-hydrogen) atoms. The number of unbranched alkanes of at least 4 members (excludes halogenated alkanes) is 1. The monoisotopic (exact) mass is 313 g/mol. The highest BCUT2D eigenvalue weighted by Crippen LogP contribution is 2.32. The molecular formula is C16H27NO3S. The highest BCUT2D eigenvalue weighted by molar-refractivity contribution is 7.89. The Kier molecular flexibility index (Phi) is 6.23. The molecule has 0 atom stereocenters. The van der Waals surface area contributed by atoms with E-state index in [0.29, 0.717) is 19.4 Å². The van der Waals surface area contributed by atoms with Crippen molar-refractivity contribution in [1.29, 1.82) is 0 Å². The van der Waals surface area contributed by atoms with Crippen molar-refractivity contribution in [2.75, 3.05) is 12.4 Å². The van der Waals surface area contributed by atoms with Crippen LogP contribution in [0.1, 0.15) is 51.7 Å². The van der Waals surface area contributed by atoms with Gasteiger partial charge < -0.3 is 4.74 Å². The second-order valence-electron chi connectivity index (χ2n) is 6.36. The van der Waals surface area contributed by atoms with E-state index in [4.69, 9.17) is 9.88 Å². The minimum atomic E-state index is -3.37. The minimum absolute atomic E-state index is 0.0112. The summed E-state index contributed by atoms with van der Waals surface area (Å²) in [5, 5.41) is 4.97. The summed E-state index contributed by atoms with van der Waals surface area (Å²) in [6, 6.07) is 6.29. The first-order valence-corrected chi connectivity index (χ1v) is 9.11. The molecule has 0 saturated carbocycles. The molecule has 0 spiro atoms. The first-order chi connectivity index (χ1) is 9.63. The van der Waals surface area contributed by atoms with E-state index in [1.165, 1.54) is 11.1 Å². The summed E-state index contributed by atoms with van der Waals surface area (Å²) in [6.45, 7) is 9.13. The molecule has 0 aliphatic rings. The first kappa shape index (κ1) is 18.0. The maximum absolute atomic E-state index is 10.9. The van der Waals surface area contributed by atoms with Gasteiger partial charge in [-0.3, -0.25) is 0 Å². The van der Waals surface area contributed by atoms with Crippen molar-refractivity contribution in [2.24, 2.45) is 5.14 Å². The number of primary sulfonamides is 1. The molecule has 1 aromatic carbocycles. The Morgan fingerprint density at radius 3 is 2.38 bits per heavy atom. The third-order valence-electron chi connectivity index (χ3n) is 3.34. The van der Waals surface area contributed by atoms with Gasteiger partial charge in [-0.05, 0) is 41.9 Å². The molecule has 0 aliphatic carbocycles. The van der Waals surface area contributed by atoms with Gasteiger partial charge in [0.1, 0.15) is 5.75 Å². The molecule has 120 valence electrons. The Morgan fingerprint density at radius 1 is 1.19 bits per heavy atom. The van der Waals surface area contributed by atoms with Gasteiger partial charge in [-0.25, -0.2) is 13.6 Å². The van der Waals surface area contributed by atoms with Crippen molar-refractivity contribution in [2.45, 2.75) is 52.4 Å². The zero-order valence-corrected chi connectivity index (χ0v) is 14.3. The van der Waals surface area contributed by atoms with Crippen molar-refractivity contribution in [3.8, 4) is 5.75 Å².